The minimum atomic E-state index is -1.24. The highest BCUT2D eigenvalue weighted by molar-refractivity contribution is 6.08. The summed E-state index contributed by atoms with van der Waals surface area (Å²) in [5.74, 6) is -2.42. The van der Waals surface area contributed by atoms with E-state index < -0.39 is 36.0 Å². The monoisotopic (exact) mass is 464 g/mol. The van der Waals surface area contributed by atoms with E-state index in [4.69, 9.17) is 0 Å². The van der Waals surface area contributed by atoms with E-state index in [1.165, 1.54) is 4.90 Å². The highest BCUT2D eigenvalue weighted by atomic mass is 16.4. The number of hydrogen-bond acceptors (Lipinski definition) is 5. The van der Waals surface area contributed by atoms with Gasteiger partial charge in [0.1, 0.15) is 12.1 Å². The van der Waals surface area contributed by atoms with Crippen LogP contribution in [0.5, 0.6) is 0 Å². The van der Waals surface area contributed by atoms with Crippen LogP contribution >= 0.6 is 0 Å². The zero-order valence-corrected chi connectivity index (χ0v) is 19.1. The largest absolute Gasteiger partial charge is 0.479 e. The fourth-order valence-electron chi connectivity index (χ4n) is 4.57. The Labute approximate surface area is 197 Å². The summed E-state index contributed by atoms with van der Waals surface area (Å²) in [6.07, 6.45) is 1.25. The van der Waals surface area contributed by atoms with Gasteiger partial charge in [0.2, 0.25) is 17.7 Å². The van der Waals surface area contributed by atoms with Gasteiger partial charge in [-0.25, -0.2) is 4.79 Å². The van der Waals surface area contributed by atoms with Crippen LogP contribution in [0.15, 0.2) is 48.5 Å². The number of para-hydroxylation sites is 1. The fourth-order valence-corrected chi connectivity index (χ4v) is 4.57. The second-order valence-electron chi connectivity index (χ2n) is 8.65. The predicted octanol–water partition coefficient (Wildman–Crippen LogP) is 0.925. The molecule has 0 saturated carbocycles. The molecule has 0 bridgehead atoms. The summed E-state index contributed by atoms with van der Waals surface area (Å²) in [6.45, 7) is 1.70. The van der Waals surface area contributed by atoms with Crippen molar-refractivity contribution >= 4 is 29.4 Å². The normalized spacial score (nSPS) is 20.6. The Balaban J connectivity index is 1.63. The highest BCUT2D eigenvalue weighted by Crippen LogP contribution is 2.39. The first-order valence-corrected chi connectivity index (χ1v) is 11.3. The second-order valence-corrected chi connectivity index (χ2v) is 8.65. The molecule has 2 heterocycles. The molecule has 9 nitrogen and oxygen atoms in total. The van der Waals surface area contributed by atoms with Crippen LogP contribution in [0.25, 0.3) is 0 Å². The molecule has 2 aliphatic rings. The summed E-state index contributed by atoms with van der Waals surface area (Å²) in [5.41, 5.74) is 2.91. The van der Waals surface area contributed by atoms with Gasteiger partial charge in [0.15, 0.2) is 6.04 Å². The smallest absolute Gasteiger partial charge is 0.330 e. The Morgan fingerprint density at radius 3 is 2.44 bits per heavy atom. The lowest BCUT2D eigenvalue weighted by molar-refractivity contribution is -0.142. The van der Waals surface area contributed by atoms with Crippen molar-refractivity contribution in [3.63, 3.8) is 0 Å². The Bertz CT molecular complexity index is 1120. The number of nitrogens with one attached hydrogen (secondary N) is 3. The lowest BCUT2D eigenvalue weighted by atomic mass is 10.0. The summed E-state index contributed by atoms with van der Waals surface area (Å²) >= 11 is 0. The van der Waals surface area contributed by atoms with Gasteiger partial charge >= 0.3 is 5.97 Å². The van der Waals surface area contributed by atoms with E-state index in [1.807, 2.05) is 18.2 Å². The zero-order valence-electron chi connectivity index (χ0n) is 19.1. The standard InChI is InChI=1S/C25H28N4O5/c1-14(26-2)22(30)27-18-12-11-16-9-6-10-17-13-19(29(21(16)17)24(18)32)23(31)28-20(25(33)34)15-7-4-3-5-8-15/h3-10,14,18-20,26H,11-13H2,1-2H3,(H,27,30)(H,28,31)(H,33,34). The molecule has 2 aliphatic heterocycles. The maximum Gasteiger partial charge on any atom is 0.330 e. The molecule has 0 aliphatic carbocycles. The summed E-state index contributed by atoms with van der Waals surface area (Å²) in [6, 6.07) is 10.7. The predicted molar refractivity (Wildman–Crippen MR) is 125 cm³/mol. The lowest BCUT2D eigenvalue weighted by Gasteiger charge is -2.29. The van der Waals surface area contributed by atoms with Crippen molar-refractivity contribution in [2.24, 2.45) is 0 Å². The van der Waals surface area contributed by atoms with Crippen molar-refractivity contribution in [2.75, 3.05) is 11.9 Å². The van der Waals surface area contributed by atoms with Crippen LogP contribution in [0.2, 0.25) is 0 Å². The van der Waals surface area contributed by atoms with Gasteiger partial charge in [-0.05, 0) is 43.5 Å². The number of amides is 3. The molecule has 3 amide bonds. The van der Waals surface area contributed by atoms with Gasteiger partial charge in [-0.3, -0.25) is 19.3 Å². The van der Waals surface area contributed by atoms with E-state index >= 15 is 0 Å². The van der Waals surface area contributed by atoms with Gasteiger partial charge < -0.3 is 21.1 Å². The average Bonchev–Trinajstić information content (AvgIpc) is 3.18. The molecule has 0 fully saturated rings. The summed E-state index contributed by atoms with van der Waals surface area (Å²) < 4.78 is 0. The number of aryl methyl sites for hydroxylation is 1. The molecule has 4 unspecified atom stereocenters. The molecule has 178 valence electrons. The van der Waals surface area contributed by atoms with Gasteiger partial charge in [-0.2, -0.15) is 0 Å². The number of rotatable bonds is 7. The number of carbonyl (C=O) groups is 4. The van der Waals surface area contributed by atoms with Gasteiger partial charge in [-0.1, -0.05) is 48.5 Å². The Hall–Kier alpha value is -3.72. The number of aliphatic carboxylic acids is 1. The minimum Gasteiger partial charge on any atom is -0.479 e. The van der Waals surface area contributed by atoms with E-state index in [1.54, 1.807) is 44.3 Å². The maximum atomic E-state index is 13.6. The molecule has 0 saturated heterocycles. The van der Waals surface area contributed by atoms with Crippen LogP contribution in [-0.2, 0) is 32.0 Å². The van der Waals surface area contributed by atoms with Crippen molar-refractivity contribution in [3.8, 4) is 0 Å². The molecule has 0 radical (unpaired) electrons. The molecule has 4 rings (SSSR count). The molecule has 9 heteroatoms. The third-order valence-electron chi connectivity index (χ3n) is 6.52. The quantitative estimate of drug-likeness (QED) is 0.483. The van der Waals surface area contributed by atoms with Gasteiger partial charge in [0.05, 0.1) is 11.7 Å². The van der Waals surface area contributed by atoms with Crippen molar-refractivity contribution in [1.82, 2.24) is 16.0 Å². The van der Waals surface area contributed by atoms with Crippen LogP contribution in [0.3, 0.4) is 0 Å². The lowest BCUT2D eigenvalue weighted by Crippen LogP contribution is -2.56. The first-order valence-electron chi connectivity index (χ1n) is 11.3. The van der Waals surface area contributed by atoms with Crippen molar-refractivity contribution < 1.29 is 24.3 Å². The molecular formula is C25H28N4O5. The third-order valence-corrected chi connectivity index (χ3v) is 6.52. The van der Waals surface area contributed by atoms with Crippen LogP contribution in [0.1, 0.15) is 36.1 Å². The number of benzene rings is 2. The van der Waals surface area contributed by atoms with Crippen molar-refractivity contribution in [3.05, 3.63) is 65.2 Å². The minimum absolute atomic E-state index is 0.273. The van der Waals surface area contributed by atoms with Gasteiger partial charge in [-0.15, -0.1) is 0 Å². The Morgan fingerprint density at radius 1 is 1.06 bits per heavy atom. The number of carbonyl (C=O) groups excluding carboxylic acids is 3. The Kier molecular flexibility index (Phi) is 6.65. The SMILES string of the molecule is CNC(C)C(=O)NC1CCc2cccc3c2N(C1=O)C(C(=O)NC(C(=O)O)c1ccccc1)C3. The summed E-state index contributed by atoms with van der Waals surface area (Å²) in [4.78, 5) is 52.9. The number of carboxylic acids is 1. The summed E-state index contributed by atoms with van der Waals surface area (Å²) in [5, 5.41) is 18.0. The van der Waals surface area contributed by atoms with Crippen LogP contribution < -0.4 is 20.9 Å². The molecule has 34 heavy (non-hydrogen) atoms. The first kappa shape index (κ1) is 23.4. The number of likely N-dealkylation sites (N-methyl/N-ethyl adjacent to an activating group) is 1. The molecule has 2 aromatic rings. The van der Waals surface area contributed by atoms with Gasteiger partial charge in [0, 0.05) is 6.42 Å². The van der Waals surface area contributed by atoms with E-state index in [-0.39, 0.29) is 18.2 Å². The maximum absolute atomic E-state index is 13.6. The molecule has 4 N–H and O–H groups in total. The van der Waals surface area contributed by atoms with E-state index in [2.05, 4.69) is 16.0 Å². The Morgan fingerprint density at radius 2 is 1.76 bits per heavy atom. The third kappa shape index (κ3) is 4.38. The van der Waals surface area contributed by atoms with Crippen LogP contribution in [0.4, 0.5) is 5.69 Å². The molecule has 0 aromatic heterocycles. The number of anilines is 1. The average molecular weight is 465 g/mol. The topological polar surface area (TPSA) is 128 Å². The van der Waals surface area contributed by atoms with Crippen molar-refractivity contribution in [2.45, 2.75) is 50.4 Å². The molecular weight excluding hydrogens is 436 g/mol. The first-order chi connectivity index (χ1) is 16.3. The van der Waals surface area contributed by atoms with Crippen molar-refractivity contribution in [1.29, 1.82) is 0 Å². The molecule has 0 spiro atoms. The number of nitrogens with zero attached hydrogens (tertiary/aromatic N) is 1. The number of carboxylic acid groups (broad SMARTS) is 1. The van der Waals surface area contributed by atoms with Crippen LogP contribution in [-0.4, -0.2) is 54.0 Å². The molecule has 2 aromatic carbocycles. The van der Waals surface area contributed by atoms with E-state index in [9.17, 15) is 24.3 Å². The van der Waals surface area contributed by atoms with E-state index in [0.29, 0.717) is 24.1 Å². The van der Waals surface area contributed by atoms with Crippen LogP contribution in [0, 0.1) is 0 Å². The molecule has 4 atom stereocenters. The zero-order chi connectivity index (χ0) is 24.4. The number of hydrogen-bond donors (Lipinski definition) is 4. The summed E-state index contributed by atoms with van der Waals surface area (Å²) in [7, 11) is 1.66. The highest BCUT2D eigenvalue weighted by Gasteiger charge is 2.44. The second kappa shape index (κ2) is 9.64. The van der Waals surface area contributed by atoms with E-state index in [0.717, 1.165) is 11.1 Å². The fraction of sp³-hybridized carbons (Fsp3) is 0.360. The van der Waals surface area contributed by atoms with Gasteiger partial charge in [0.25, 0.3) is 0 Å².